The van der Waals surface area contributed by atoms with Crippen LogP contribution in [0.2, 0.25) is 0 Å². The van der Waals surface area contributed by atoms with Crippen LogP contribution in [0.1, 0.15) is 64.9 Å². The highest BCUT2D eigenvalue weighted by Gasteiger charge is 2.47. The first-order valence-electron chi connectivity index (χ1n) is 10.6. The maximum atomic E-state index is 13.8. The standard InChI is InChI=1S/C24H31FN2O/c1-14(2)23(28)27-24(3,4)18-11-15-9-17(10-16(15)12-18)20-7-8-26-22-6-5-19(25)13-21(20)22/h5-8,13-18H,9-12H2,1-4H3,(H,27,28)/t15-,16+,17-,18+. The zero-order chi connectivity index (χ0) is 20.1. The van der Waals surface area contributed by atoms with E-state index in [4.69, 9.17) is 0 Å². The van der Waals surface area contributed by atoms with Crippen molar-refractivity contribution in [1.29, 1.82) is 0 Å². The van der Waals surface area contributed by atoms with Crippen molar-refractivity contribution in [3.63, 3.8) is 0 Å². The van der Waals surface area contributed by atoms with Gasteiger partial charge in [-0.2, -0.15) is 0 Å². The van der Waals surface area contributed by atoms with Crippen LogP contribution in [-0.2, 0) is 4.79 Å². The van der Waals surface area contributed by atoms with Crippen molar-refractivity contribution in [3.05, 3.63) is 41.8 Å². The molecule has 2 aromatic rings. The van der Waals surface area contributed by atoms with Crippen LogP contribution in [-0.4, -0.2) is 16.4 Å². The second-order valence-corrected chi connectivity index (χ2v) is 9.78. The summed E-state index contributed by atoms with van der Waals surface area (Å²) in [4.78, 5) is 16.6. The summed E-state index contributed by atoms with van der Waals surface area (Å²) in [6.45, 7) is 8.24. The number of nitrogens with one attached hydrogen (secondary N) is 1. The van der Waals surface area contributed by atoms with Crippen LogP contribution in [0, 0.1) is 29.5 Å². The van der Waals surface area contributed by atoms with Gasteiger partial charge >= 0.3 is 0 Å². The van der Waals surface area contributed by atoms with E-state index in [1.54, 1.807) is 12.1 Å². The maximum Gasteiger partial charge on any atom is 0.222 e. The Labute approximate surface area is 167 Å². The largest absolute Gasteiger partial charge is 0.351 e. The minimum absolute atomic E-state index is 0.0184. The van der Waals surface area contributed by atoms with Crippen molar-refractivity contribution in [2.45, 2.75) is 64.8 Å². The molecular formula is C24H31FN2O. The Morgan fingerprint density at radius 1 is 1.14 bits per heavy atom. The van der Waals surface area contributed by atoms with Crippen LogP contribution in [0.5, 0.6) is 0 Å². The number of fused-ring (bicyclic) bond motifs is 2. The molecule has 150 valence electrons. The number of carbonyl (C=O) groups is 1. The topological polar surface area (TPSA) is 42.0 Å². The number of benzene rings is 1. The Balaban J connectivity index is 1.48. The summed E-state index contributed by atoms with van der Waals surface area (Å²) < 4.78 is 13.8. The van der Waals surface area contributed by atoms with E-state index in [-0.39, 0.29) is 23.2 Å². The summed E-state index contributed by atoms with van der Waals surface area (Å²) in [7, 11) is 0. The Kier molecular flexibility index (Phi) is 4.93. The summed E-state index contributed by atoms with van der Waals surface area (Å²) in [5.74, 6) is 2.37. The van der Waals surface area contributed by atoms with Gasteiger partial charge in [-0.15, -0.1) is 0 Å². The van der Waals surface area contributed by atoms with Crippen molar-refractivity contribution >= 4 is 16.8 Å². The molecule has 0 saturated heterocycles. The third kappa shape index (κ3) is 3.54. The first kappa shape index (κ1) is 19.4. The van der Waals surface area contributed by atoms with Crippen LogP contribution in [0.3, 0.4) is 0 Å². The Bertz CT molecular complexity index is 877. The average molecular weight is 383 g/mol. The molecule has 1 aromatic heterocycles. The first-order valence-corrected chi connectivity index (χ1v) is 10.6. The molecule has 3 nitrogen and oxygen atoms in total. The number of carbonyl (C=O) groups excluding carboxylic acids is 1. The number of hydrogen-bond acceptors (Lipinski definition) is 2. The molecule has 1 aromatic carbocycles. The first-order chi connectivity index (χ1) is 13.2. The molecule has 1 N–H and O–H groups in total. The van der Waals surface area contributed by atoms with E-state index in [1.165, 1.54) is 24.5 Å². The minimum Gasteiger partial charge on any atom is -0.351 e. The predicted octanol–water partition coefficient (Wildman–Crippen LogP) is 5.44. The lowest BCUT2D eigenvalue weighted by molar-refractivity contribution is -0.126. The highest BCUT2D eigenvalue weighted by molar-refractivity contribution is 5.82. The number of pyridine rings is 1. The summed E-state index contributed by atoms with van der Waals surface area (Å²) >= 11 is 0. The third-order valence-corrected chi connectivity index (χ3v) is 7.18. The number of amides is 1. The monoisotopic (exact) mass is 382 g/mol. The lowest BCUT2D eigenvalue weighted by Gasteiger charge is -2.34. The quantitative estimate of drug-likeness (QED) is 0.764. The molecule has 1 heterocycles. The SMILES string of the molecule is CC(C)C(=O)NC(C)(C)[C@H]1C[C@H]2C[C@@H](c3ccnc4ccc(F)cc34)C[C@H]2C1. The lowest BCUT2D eigenvalue weighted by Crippen LogP contribution is -2.50. The highest BCUT2D eigenvalue weighted by Crippen LogP contribution is 2.55. The number of aromatic nitrogens is 1. The van der Waals surface area contributed by atoms with Gasteiger partial charge in [0.2, 0.25) is 5.91 Å². The molecule has 4 rings (SSSR count). The van der Waals surface area contributed by atoms with Gasteiger partial charge in [0, 0.05) is 23.0 Å². The molecule has 0 radical (unpaired) electrons. The predicted molar refractivity (Wildman–Crippen MR) is 110 cm³/mol. The van der Waals surface area contributed by atoms with Gasteiger partial charge < -0.3 is 5.32 Å². The molecule has 0 unspecified atom stereocenters. The van der Waals surface area contributed by atoms with E-state index in [2.05, 4.69) is 30.2 Å². The Morgan fingerprint density at radius 3 is 2.46 bits per heavy atom. The van der Waals surface area contributed by atoms with Gasteiger partial charge in [-0.25, -0.2) is 4.39 Å². The second-order valence-electron chi connectivity index (χ2n) is 9.78. The van der Waals surface area contributed by atoms with Crippen LogP contribution >= 0.6 is 0 Å². The van der Waals surface area contributed by atoms with Gasteiger partial charge in [0.25, 0.3) is 0 Å². The van der Waals surface area contributed by atoms with E-state index in [0.29, 0.717) is 23.7 Å². The van der Waals surface area contributed by atoms with Gasteiger partial charge in [-0.05, 0) is 93.0 Å². The van der Waals surface area contributed by atoms with E-state index in [9.17, 15) is 9.18 Å². The van der Waals surface area contributed by atoms with E-state index < -0.39 is 0 Å². The van der Waals surface area contributed by atoms with Gasteiger partial charge in [0.05, 0.1) is 5.52 Å². The van der Waals surface area contributed by atoms with Crippen LogP contribution in [0.4, 0.5) is 4.39 Å². The van der Waals surface area contributed by atoms with E-state index in [0.717, 1.165) is 23.7 Å². The third-order valence-electron chi connectivity index (χ3n) is 7.18. The van der Waals surface area contributed by atoms with Crippen molar-refractivity contribution in [1.82, 2.24) is 10.3 Å². The molecule has 0 aliphatic heterocycles. The fourth-order valence-electron chi connectivity index (χ4n) is 5.52. The molecule has 2 aliphatic carbocycles. The van der Waals surface area contributed by atoms with Crippen LogP contribution in [0.25, 0.3) is 10.9 Å². The zero-order valence-electron chi connectivity index (χ0n) is 17.3. The van der Waals surface area contributed by atoms with Gasteiger partial charge in [-0.3, -0.25) is 9.78 Å². The average Bonchev–Trinajstić information content (AvgIpc) is 3.20. The van der Waals surface area contributed by atoms with E-state index in [1.807, 2.05) is 20.0 Å². The zero-order valence-corrected chi connectivity index (χ0v) is 17.3. The Hall–Kier alpha value is -1.97. The highest BCUT2D eigenvalue weighted by atomic mass is 19.1. The number of halogens is 1. The molecule has 28 heavy (non-hydrogen) atoms. The molecular weight excluding hydrogens is 351 g/mol. The second kappa shape index (κ2) is 7.13. The molecule has 2 fully saturated rings. The van der Waals surface area contributed by atoms with Crippen LogP contribution in [0.15, 0.2) is 30.5 Å². The van der Waals surface area contributed by atoms with Gasteiger partial charge in [0.1, 0.15) is 5.82 Å². The molecule has 1 amide bonds. The summed E-state index contributed by atoms with van der Waals surface area (Å²) in [6, 6.07) is 6.98. The molecule has 0 bridgehead atoms. The molecule has 2 aliphatic rings. The number of hydrogen-bond donors (Lipinski definition) is 1. The lowest BCUT2D eigenvalue weighted by atomic mass is 9.82. The van der Waals surface area contributed by atoms with Gasteiger partial charge in [-0.1, -0.05) is 13.8 Å². The van der Waals surface area contributed by atoms with Crippen molar-refractivity contribution in [3.8, 4) is 0 Å². The molecule has 4 heteroatoms. The van der Waals surface area contributed by atoms with Gasteiger partial charge in [0.15, 0.2) is 0 Å². The fraction of sp³-hybridized carbons (Fsp3) is 0.583. The minimum atomic E-state index is -0.192. The summed E-state index contributed by atoms with van der Waals surface area (Å²) in [6.07, 6.45) is 6.51. The summed E-state index contributed by atoms with van der Waals surface area (Å²) in [5, 5.41) is 4.24. The summed E-state index contributed by atoms with van der Waals surface area (Å²) in [5.41, 5.74) is 1.97. The van der Waals surface area contributed by atoms with Crippen molar-refractivity contribution in [2.24, 2.45) is 23.7 Å². The smallest absolute Gasteiger partial charge is 0.222 e. The Morgan fingerprint density at radius 2 is 1.82 bits per heavy atom. The van der Waals surface area contributed by atoms with E-state index >= 15 is 0 Å². The van der Waals surface area contributed by atoms with Crippen molar-refractivity contribution < 1.29 is 9.18 Å². The molecule has 2 saturated carbocycles. The molecule has 4 atom stereocenters. The fourth-order valence-corrected chi connectivity index (χ4v) is 5.52. The normalized spacial score (nSPS) is 27.4. The number of rotatable bonds is 4. The van der Waals surface area contributed by atoms with Crippen LogP contribution < -0.4 is 5.32 Å². The number of nitrogens with zero attached hydrogens (tertiary/aromatic N) is 1. The maximum absolute atomic E-state index is 13.8. The van der Waals surface area contributed by atoms with Crippen molar-refractivity contribution in [2.75, 3.05) is 0 Å². The molecule has 0 spiro atoms.